The highest BCUT2D eigenvalue weighted by Gasteiger charge is 2.08. The summed E-state index contributed by atoms with van der Waals surface area (Å²) < 4.78 is 0. The Bertz CT molecular complexity index is 585. The van der Waals surface area contributed by atoms with E-state index in [9.17, 15) is 4.79 Å². The summed E-state index contributed by atoms with van der Waals surface area (Å²) in [4.78, 5) is 14.5. The summed E-state index contributed by atoms with van der Waals surface area (Å²) in [6, 6.07) is 9.94. The van der Waals surface area contributed by atoms with Crippen LogP contribution >= 0.6 is 11.3 Å². The number of aryl methyl sites for hydroxylation is 2. The first-order chi connectivity index (χ1) is 9.60. The molecule has 1 aromatic carbocycles. The first kappa shape index (κ1) is 14.8. The van der Waals surface area contributed by atoms with Crippen LogP contribution < -0.4 is 11.1 Å². The third kappa shape index (κ3) is 3.68. The predicted molar refractivity (Wildman–Crippen MR) is 83.7 cm³/mol. The van der Waals surface area contributed by atoms with Crippen molar-refractivity contribution < 1.29 is 4.79 Å². The quantitative estimate of drug-likeness (QED) is 0.888. The van der Waals surface area contributed by atoms with Gasteiger partial charge in [0.15, 0.2) is 0 Å². The van der Waals surface area contributed by atoms with Crippen LogP contribution in [-0.2, 0) is 24.3 Å². The summed E-state index contributed by atoms with van der Waals surface area (Å²) in [5, 5.41) is 2.97. The van der Waals surface area contributed by atoms with E-state index in [2.05, 4.69) is 25.2 Å². The van der Waals surface area contributed by atoms with Crippen LogP contribution in [0.3, 0.4) is 0 Å². The monoisotopic (exact) mass is 288 g/mol. The number of benzene rings is 1. The molecule has 20 heavy (non-hydrogen) atoms. The predicted octanol–water partition coefficient (Wildman–Crippen LogP) is 2.68. The van der Waals surface area contributed by atoms with Crippen LogP contribution in [0.4, 0.5) is 0 Å². The van der Waals surface area contributed by atoms with E-state index in [4.69, 9.17) is 5.73 Å². The number of carbonyl (C=O) groups is 1. The number of hydrogen-bond acceptors (Lipinski definition) is 3. The molecule has 4 heteroatoms. The lowest BCUT2D eigenvalue weighted by Gasteiger charge is -2.08. The van der Waals surface area contributed by atoms with Gasteiger partial charge in [-0.1, -0.05) is 24.3 Å². The molecule has 0 radical (unpaired) electrons. The minimum Gasteiger partial charge on any atom is -0.351 e. The maximum atomic E-state index is 12.0. The SMILES string of the molecule is Cc1cc(CNC(=O)Cc2ccccc2CN)sc1C. The molecule has 2 rings (SSSR count). The third-order valence-electron chi connectivity index (χ3n) is 3.37. The largest absolute Gasteiger partial charge is 0.351 e. The average Bonchev–Trinajstić information content (AvgIpc) is 2.76. The third-order valence-corrected chi connectivity index (χ3v) is 4.52. The van der Waals surface area contributed by atoms with Crippen molar-refractivity contribution in [2.75, 3.05) is 0 Å². The van der Waals surface area contributed by atoms with Gasteiger partial charge < -0.3 is 11.1 Å². The van der Waals surface area contributed by atoms with Crippen molar-refractivity contribution in [1.82, 2.24) is 5.32 Å². The number of nitrogens with two attached hydrogens (primary N) is 1. The summed E-state index contributed by atoms with van der Waals surface area (Å²) in [5.74, 6) is 0.0367. The Morgan fingerprint density at radius 3 is 2.55 bits per heavy atom. The molecule has 1 heterocycles. The van der Waals surface area contributed by atoms with E-state index >= 15 is 0 Å². The van der Waals surface area contributed by atoms with Crippen LogP contribution in [0, 0.1) is 13.8 Å². The molecule has 3 nitrogen and oxygen atoms in total. The molecule has 0 saturated carbocycles. The smallest absolute Gasteiger partial charge is 0.224 e. The minimum absolute atomic E-state index is 0.0367. The molecule has 0 saturated heterocycles. The molecule has 0 atom stereocenters. The van der Waals surface area contributed by atoms with Crippen LogP contribution in [0.25, 0.3) is 0 Å². The molecule has 3 N–H and O–H groups in total. The van der Waals surface area contributed by atoms with Gasteiger partial charge in [0.2, 0.25) is 5.91 Å². The van der Waals surface area contributed by atoms with E-state index in [0.29, 0.717) is 19.5 Å². The fourth-order valence-corrected chi connectivity index (χ4v) is 3.08. The second-order valence-corrected chi connectivity index (χ2v) is 6.22. The van der Waals surface area contributed by atoms with Crippen LogP contribution in [-0.4, -0.2) is 5.91 Å². The maximum Gasteiger partial charge on any atom is 0.224 e. The molecule has 0 bridgehead atoms. The molecular weight excluding hydrogens is 268 g/mol. The first-order valence-corrected chi connectivity index (χ1v) is 7.51. The van der Waals surface area contributed by atoms with Crippen molar-refractivity contribution in [3.8, 4) is 0 Å². The van der Waals surface area contributed by atoms with Gasteiger partial charge in [-0.25, -0.2) is 0 Å². The van der Waals surface area contributed by atoms with Crippen molar-refractivity contribution in [3.05, 3.63) is 56.8 Å². The molecule has 0 spiro atoms. The number of hydrogen-bond donors (Lipinski definition) is 2. The second-order valence-electron chi connectivity index (χ2n) is 4.88. The van der Waals surface area contributed by atoms with Gasteiger partial charge in [0.05, 0.1) is 13.0 Å². The van der Waals surface area contributed by atoms with E-state index in [1.54, 1.807) is 11.3 Å². The fraction of sp³-hybridized carbons (Fsp3) is 0.312. The van der Waals surface area contributed by atoms with Gasteiger partial charge >= 0.3 is 0 Å². The van der Waals surface area contributed by atoms with Crippen molar-refractivity contribution >= 4 is 17.2 Å². The van der Waals surface area contributed by atoms with E-state index < -0.39 is 0 Å². The standard InChI is InChI=1S/C16H20N2OS/c1-11-7-15(20-12(11)2)10-18-16(19)8-13-5-3-4-6-14(13)9-17/h3-7H,8-10,17H2,1-2H3,(H,18,19). The molecule has 1 amide bonds. The Morgan fingerprint density at radius 2 is 1.95 bits per heavy atom. The Balaban J connectivity index is 1.92. The number of rotatable bonds is 5. The summed E-state index contributed by atoms with van der Waals surface area (Å²) >= 11 is 1.74. The molecule has 0 aliphatic carbocycles. The zero-order valence-corrected chi connectivity index (χ0v) is 12.7. The average molecular weight is 288 g/mol. The van der Waals surface area contributed by atoms with E-state index in [1.807, 2.05) is 24.3 Å². The summed E-state index contributed by atoms with van der Waals surface area (Å²) in [6.45, 7) is 5.26. The van der Waals surface area contributed by atoms with Gasteiger partial charge in [-0.3, -0.25) is 4.79 Å². The molecular formula is C16H20N2OS. The number of amides is 1. The van der Waals surface area contributed by atoms with Gasteiger partial charge in [-0.2, -0.15) is 0 Å². The molecule has 0 fully saturated rings. The van der Waals surface area contributed by atoms with Crippen LogP contribution in [0.1, 0.15) is 26.4 Å². The number of carbonyl (C=O) groups excluding carboxylic acids is 1. The highest BCUT2D eigenvalue weighted by Crippen LogP contribution is 2.20. The Hall–Kier alpha value is -1.65. The first-order valence-electron chi connectivity index (χ1n) is 6.69. The molecule has 0 aliphatic heterocycles. The summed E-state index contributed by atoms with van der Waals surface area (Å²) in [6.07, 6.45) is 0.386. The van der Waals surface area contributed by atoms with E-state index in [1.165, 1.54) is 15.3 Å². The molecule has 0 aliphatic rings. The fourth-order valence-electron chi connectivity index (χ4n) is 2.09. The van der Waals surface area contributed by atoms with Gasteiger partial charge in [-0.15, -0.1) is 11.3 Å². The van der Waals surface area contributed by atoms with Crippen molar-refractivity contribution in [1.29, 1.82) is 0 Å². The Morgan fingerprint density at radius 1 is 1.25 bits per heavy atom. The highest BCUT2D eigenvalue weighted by atomic mass is 32.1. The minimum atomic E-state index is 0.0367. The number of nitrogens with one attached hydrogen (secondary N) is 1. The van der Waals surface area contributed by atoms with Crippen LogP contribution in [0.5, 0.6) is 0 Å². The lowest BCUT2D eigenvalue weighted by molar-refractivity contribution is -0.120. The van der Waals surface area contributed by atoms with Gasteiger partial charge in [0.25, 0.3) is 0 Å². The zero-order chi connectivity index (χ0) is 14.5. The summed E-state index contributed by atoms with van der Waals surface area (Å²) in [7, 11) is 0. The maximum absolute atomic E-state index is 12.0. The molecule has 0 unspecified atom stereocenters. The zero-order valence-electron chi connectivity index (χ0n) is 11.9. The molecule has 2 aromatic rings. The molecule has 106 valence electrons. The van der Waals surface area contributed by atoms with Crippen LogP contribution in [0.2, 0.25) is 0 Å². The topological polar surface area (TPSA) is 55.1 Å². The second kappa shape index (κ2) is 6.68. The normalized spacial score (nSPS) is 10.6. The highest BCUT2D eigenvalue weighted by molar-refractivity contribution is 7.12. The Kier molecular flexibility index (Phi) is 4.93. The van der Waals surface area contributed by atoms with Crippen molar-refractivity contribution in [3.63, 3.8) is 0 Å². The van der Waals surface area contributed by atoms with Crippen molar-refractivity contribution in [2.45, 2.75) is 33.4 Å². The van der Waals surface area contributed by atoms with E-state index in [0.717, 1.165) is 11.1 Å². The number of thiophene rings is 1. The Labute approximate surface area is 123 Å². The summed E-state index contributed by atoms with van der Waals surface area (Å²) in [5.41, 5.74) is 9.00. The lowest BCUT2D eigenvalue weighted by Crippen LogP contribution is -2.24. The lowest BCUT2D eigenvalue weighted by atomic mass is 10.0. The molecule has 1 aromatic heterocycles. The van der Waals surface area contributed by atoms with Crippen molar-refractivity contribution in [2.24, 2.45) is 5.73 Å². The van der Waals surface area contributed by atoms with Gasteiger partial charge in [0.1, 0.15) is 0 Å². The van der Waals surface area contributed by atoms with Gasteiger partial charge in [-0.05, 0) is 36.6 Å². The van der Waals surface area contributed by atoms with E-state index in [-0.39, 0.29) is 5.91 Å². The van der Waals surface area contributed by atoms with Gasteiger partial charge in [0, 0.05) is 16.3 Å². The van der Waals surface area contributed by atoms with Crippen LogP contribution in [0.15, 0.2) is 30.3 Å².